The van der Waals surface area contributed by atoms with Crippen LogP contribution in [0.25, 0.3) is 0 Å². The zero-order valence-electron chi connectivity index (χ0n) is 14.8. The molecule has 2 unspecified atom stereocenters. The summed E-state index contributed by atoms with van der Waals surface area (Å²) in [6, 6.07) is 10.8. The van der Waals surface area contributed by atoms with E-state index >= 15 is 0 Å². The number of hydrogen-bond acceptors (Lipinski definition) is 1. The maximum absolute atomic E-state index is 10.5. The smallest absolute Gasteiger partial charge is 0.303 e. The monoisotopic (exact) mass is 328 g/mol. The van der Waals surface area contributed by atoms with Crippen LogP contribution in [-0.2, 0) is 11.2 Å². The predicted molar refractivity (Wildman–Crippen MR) is 100 cm³/mol. The molecule has 2 nitrogen and oxygen atoms in total. The molecule has 2 rings (SSSR count). The Balaban J connectivity index is 1.57. The first-order chi connectivity index (χ1) is 11.8. The lowest BCUT2D eigenvalue weighted by atomic mass is 9.90. The molecular weight excluding hydrogens is 296 g/mol. The Morgan fingerprint density at radius 1 is 1.08 bits per heavy atom. The highest BCUT2D eigenvalue weighted by Crippen LogP contribution is 2.36. The van der Waals surface area contributed by atoms with Gasteiger partial charge in [-0.25, -0.2) is 0 Å². The molecule has 0 radical (unpaired) electrons. The highest BCUT2D eigenvalue weighted by molar-refractivity contribution is 5.66. The molecule has 1 aromatic rings. The molecule has 132 valence electrons. The van der Waals surface area contributed by atoms with Crippen molar-refractivity contribution in [3.05, 3.63) is 48.0 Å². The maximum Gasteiger partial charge on any atom is 0.303 e. The number of carbonyl (C=O) groups is 1. The fourth-order valence-electron chi connectivity index (χ4n) is 3.88. The second-order valence-electron chi connectivity index (χ2n) is 7.15. The van der Waals surface area contributed by atoms with Gasteiger partial charge >= 0.3 is 5.97 Å². The van der Waals surface area contributed by atoms with Gasteiger partial charge in [-0.15, -0.1) is 0 Å². The van der Waals surface area contributed by atoms with Crippen molar-refractivity contribution in [3.8, 4) is 0 Å². The van der Waals surface area contributed by atoms with Gasteiger partial charge < -0.3 is 5.11 Å². The van der Waals surface area contributed by atoms with Crippen LogP contribution in [0.15, 0.2) is 42.5 Å². The second kappa shape index (κ2) is 11.1. The van der Waals surface area contributed by atoms with Gasteiger partial charge in [-0.05, 0) is 62.3 Å². The first-order valence-corrected chi connectivity index (χ1v) is 9.68. The summed E-state index contributed by atoms with van der Waals surface area (Å²) >= 11 is 0. The Hall–Kier alpha value is -1.57. The molecule has 1 aromatic carbocycles. The summed E-state index contributed by atoms with van der Waals surface area (Å²) in [5, 5.41) is 8.66. The first-order valence-electron chi connectivity index (χ1n) is 9.68. The minimum Gasteiger partial charge on any atom is -0.481 e. The molecule has 1 fully saturated rings. The van der Waals surface area contributed by atoms with Gasteiger partial charge in [0.15, 0.2) is 0 Å². The molecule has 2 atom stereocenters. The van der Waals surface area contributed by atoms with Crippen molar-refractivity contribution < 1.29 is 9.90 Å². The van der Waals surface area contributed by atoms with Gasteiger partial charge in [-0.3, -0.25) is 4.79 Å². The fourth-order valence-corrected chi connectivity index (χ4v) is 3.88. The van der Waals surface area contributed by atoms with Gasteiger partial charge in [-0.2, -0.15) is 0 Å². The van der Waals surface area contributed by atoms with Crippen molar-refractivity contribution in [2.24, 2.45) is 11.8 Å². The lowest BCUT2D eigenvalue weighted by Crippen LogP contribution is -2.05. The van der Waals surface area contributed by atoms with E-state index < -0.39 is 5.97 Å². The summed E-state index contributed by atoms with van der Waals surface area (Å²) in [5.41, 5.74) is 1.46. The molecule has 0 saturated heterocycles. The second-order valence-corrected chi connectivity index (χ2v) is 7.15. The number of benzene rings is 1. The summed E-state index contributed by atoms with van der Waals surface area (Å²) in [5.74, 6) is 0.916. The van der Waals surface area contributed by atoms with Crippen LogP contribution in [-0.4, -0.2) is 11.1 Å². The summed E-state index contributed by atoms with van der Waals surface area (Å²) in [6.45, 7) is 0. The topological polar surface area (TPSA) is 37.3 Å². The third-order valence-electron chi connectivity index (χ3n) is 5.25. The average Bonchev–Trinajstić information content (AvgIpc) is 3.02. The largest absolute Gasteiger partial charge is 0.481 e. The van der Waals surface area contributed by atoms with Crippen LogP contribution in [0, 0.1) is 11.8 Å². The third-order valence-corrected chi connectivity index (χ3v) is 5.25. The van der Waals surface area contributed by atoms with Crippen molar-refractivity contribution in [2.45, 2.75) is 70.6 Å². The summed E-state index contributed by atoms with van der Waals surface area (Å²) in [6.07, 6.45) is 17.2. The minimum atomic E-state index is -0.683. The Kier molecular flexibility index (Phi) is 8.65. The molecule has 0 bridgehead atoms. The van der Waals surface area contributed by atoms with Crippen LogP contribution in [0.2, 0.25) is 0 Å². The molecule has 24 heavy (non-hydrogen) atoms. The summed E-state index contributed by atoms with van der Waals surface area (Å²) in [4.78, 5) is 10.5. The lowest BCUT2D eigenvalue weighted by molar-refractivity contribution is -0.137. The van der Waals surface area contributed by atoms with E-state index in [9.17, 15) is 4.79 Å². The number of rotatable bonds is 11. The molecule has 1 N–H and O–H groups in total. The molecular formula is C22H32O2. The van der Waals surface area contributed by atoms with Gasteiger partial charge in [0, 0.05) is 6.42 Å². The fraction of sp³-hybridized carbons (Fsp3) is 0.591. The molecule has 1 aliphatic rings. The van der Waals surface area contributed by atoms with Crippen molar-refractivity contribution in [1.29, 1.82) is 0 Å². The predicted octanol–water partition coefficient (Wildman–Crippen LogP) is 6.02. The molecule has 1 aliphatic carbocycles. The highest BCUT2D eigenvalue weighted by Gasteiger charge is 2.24. The molecule has 2 heteroatoms. The molecule has 0 aromatic heterocycles. The summed E-state index contributed by atoms with van der Waals surface area (Å²) in [7, 11) is 0. The Morgan fingerprint density at radius 2 is 1.92 bits per heavy atom. The van der Waals surface area contributed by atoms with E-state index in [0.29, 0.717) is 6.42 Å². The normalized spacial score (nSPS) is 20.7. The van der Waals surface area contributed by atoms with Crippen LogP contribution in [0.5, 0.6) is 0 Å². The molecule has 0 spiro atoms. The van der Waals surface area contributed by atoms with Crippen LogP contribution in [0.1, 0.15) is 69.8 Å². The number of allylic oxidation sites excluding steroid dienone is 2. The summed E-state index contributed by atoms with van der Waals surface area (Å²) < 4.78 is 0. The van der Waals surface area contributed by atoms with Crippen LogP contribution < -0.4 is 0 Å². The molecule has 0 heterocycles. The number of unbranched alkanes of at least 4 members (excludes halogenated alkanes) is 3. The number of carboxylic acid groups (broad SMARTS) is 1. The standard InChI is InChI=1S/C22H32O2/c23-22(24)18-9-3-8-15-21-17-10-16-20(21)14-7-2-6-13-19-11-4-1-5-12-19/h1,4-5,8,11-12,15,20-21H,2-3,6-7,9-10,13-14,16-18H2,(H,23,24)/b15-8-. The van der Waals surface area contributed by atoms with E-state index in [1.165, 1.54) is 56.9 Å². The van der Waals surface area contributed by atoms with E-state index in [4.69, 9.17) is 5.11 Å². The van der Waals surface area contributed by atoms with Gasteiger partial charge in [0.25, 0.3) is 0 Å². The zero-order valence-corrected chi connectivity index (χ0v) is 14.8. The number of hydrogen-bond donors (Lipinski definition) is 1. The van der Waals surface area contributed by atoms with Gasteiger partial charge in [0.05, 0.1) is 0 Å². The van der Waals surface area contributed by atoms with Crippen molar-refractivity contribution in [1.82, 2.24) is 0 Å². The minimum absolute atomic E-state index is 0.292. The van der Waals surface area contributed by atoms with E-state index in [-0.39, 0.29) is 0 Å². The molecule has 0 amide bonds. The van der Waals surface area contributed by atoms with Crippen molar-refractivity contribution >= 4 is 5.97 Å². The van der Waals surface area contributed by atoms with Crippen LogP contribution >= 0.6 is 0 Å². The Labute approximate surface area is 147 Å². The van der Waals surface area contributed by atoms with Crippen molar-refractivity contribution in [3.63, 3.8) is 0 Å². The highest BCUT2D eigenvalue weighted by atomic mass is 16.4. The van der Waals surface area contributed by atoms with Crippen LogP contribution in [0.4, 0.5) is 0 Å². The Bertz CT molecular complexity index is 492. The molecule has 1 saturated carbocycles. The van der Waals surface area contributed by atoms with Crippen molar-refractivity contribution in [2.75, 3.05) is 0 Å². The van der Waals surface area contributed by atoms with Crippen LogP contribution in [0.3, 0.4) is 0 Å². The SMILES string of the molecule is O=C(O)CCC/C=C\C1CCCC1CCCCCc1ccccc1. The van der Waals surface area contributed by atoms with E-state index in [1.54, 1.807) is 0 Å². The van der Waals surface area contributed by atoms with E-state index in [0.717, 1.165) is 24.7 Å². The number of carboxylic acids is 1. The average molecular weight is 328 g/mol. The third kappa shape index (κ3) is 7.33. The number of aryl methyl sites for hydroxylation is 1. The van der Waals surface area contributed by atoms with E-state index in [2.05, 4.69) is 42.5 Å². The lowest BCUT2D eigenvalue weighted by Gasteiger charge is -2.16. The molecule has 0 aliphatic heterocycles. The zero-order chi connectivity index (χ0) is 17.0. The Morgan fingerprint density at radius 3 is 2.71 bits per heavy atom. The van der Waals surface area contributed by atoms with E-state index in [1.807, 2.05) is 0 Å². The maximum atomic E-state index is 10.5. The van der Waals surface area contributed by atoms with Gasteiger partial charge in [0.1, 0.15) is 0 Å². The van der Waals surface area contributed by atoms with Gasteiger partial charge in [0.2, 0.25) is 0 Å². The first kappa shape index (κ1) is 18.8. The quantitative estimate of drug-likeness (QED) is 0.398. The number of aliphatic carboxylic acids is 1. The van der Waals surface area contributed by atoms with Gasteiger partial charge in [-0.1, -0.05) is 61.7 Å².